The molecule has 0 saturated heterocycles. The summed E-state index contributed by atoms with van der Waals surface area (Å²) in [6, 6.07) is 18.4. The first kappa shape index (κ1) is 17.7. The average Bonchev–Trinajstić information content (AvgIpc) is 3.31. The summed E-state index contributed by atoms with van der Waals surface area (Å²) in [5.41, 5.74) is 7.28. The van der Waals surface area contributed by atoms with E-state index in [1.165, 1.54) is 18.4 Å². The molecule has 1 saturated carbocycles. The van der Waals surface area contributed by atoms with Gasteiger partial charge in [0.2, 0.25) is 0 Å². The molecule has 0 spiro atoms. The molecule has 5 heteroatoms. The first-order valence-corrected chi connectivity index (χ1v) is 10.7. The summed E-state index contributed by atoms with van der Waals surface area (Å²) in [4.78, 5) is 9.87. The molecule has 30 heavy (non-hydrogen) atoms. The summed E-state index contributed by atoms with van der Waals surface area (Å²) in [7, 11) is 0. The van der Waals surface area contributed by atoms with Crippen LogP contribution < -0.4 is 0 Å². The molecule has 0 N–H and O–H groups in total. The zero-order chi connectivity index (χ0) is 20.2. The minimum absolute atomic E-state index is 0.115. The molecule has 1 aliphatic carbocycles. The quantitative estimate of drug-likeness (QED) is 0.381. The van der Waals surface area contributed by atoms with E-state index >= 15 is 0 Å². The van der Waals surface area contributed by atoms with Gasteiger partial charge in [-0.1, -0.05) is 35.9 Å². The summed E-state index contributed by atoms with van der Waals surface area (Å²) in [5, 5.41) is 0.710. The predicted octanol–water partition coefficient (Wildman–Crippen LogP) is 6.58. The zero-order valence-corrected chi connectivity index (χ0v) is 17.3. The number of hydrogen-bond donors (Lipinski definition) is 0. The Hall–Kier alpha value is -3.11. The monoisotopic (exact) mass is 413 g/mol. The highest BCUT2D eigenvalue weighted by Crippen LogP contribution is 2.43. The number of nitrogens with zero attached hydrogens (tertiary/aromatic N) is 3. The van der Waals surface area contributed by atoms with Crippen molar-refractivity contribution in [1.29, 1.82) is 0 Å². The molecule has 0 bridgehead atoms. The Morgan fingerprint density at radius 1 is 1.03 bits per heavy atom. The fraction of sp³-hybridized carbons (Fsp3) is 0.200. The molecule has 1 aliphatic heterocycles. The molecular formula is C25H20ClN3O. The second kappa shape index (κ2) is 6.71. The smallest absolute Gasteiger partial charge is 0.154 e. The average molecular weight is 414 g/mol. The minimum atomic E-state index is -0.115. The highest BCUT2D eigenvalue weighted by Gasteiger charge is 2.30. The molecule has 0 unspecified atom stereocenters. The van der Waals surface area contributed by atoms with Gasteiger partial charge in [0.25, 0.3) is 0 Å². The van der Waals surface area contributed by atoms with Gasteiger partial charge in [0.1, 0.15) is 12.0 Å². The highest BCUT2D eigenvalue weighted by atomic mass is 35.5. The van der Waals surface area contributed by atoms with Crippen molar-refractivity contribution in [3.05, 3.63) is 94.6 Å². The number of hydrogen-bond acceptors (Lipinski definition) is 3. The highest BCUT2D eigenvalue weighted by molar-refractivity contribution is 6.35. The third kappa shape index (κ3) is 2.75. The van der Waals surface area contributed by atoms with E-state index in [9.17, 15) is 0 Å². The van der Waals surface area contributed by atoms with Crippen LogP contribution in [0, 0.1) is 0 Å². The van der Waals surface area contributed by atoms with Crippen molar-refractivity contribution < 1.29 is 4.42 Å². The third-order valence-corrected chi connectivity index (χ3v) is 6.32. The maximum absolute atomic E-state index is 6.62. The minimum Gasteiger partial charge on any atom is -0.463 e. The van der Waals surface area contributed by atoms with Crippen molar-refractivity contribution in [3.63, 3.8) is 0 Å². The molecule has 3 heterocycles. The second-order valence-electron chi connectivity index (χ2n) is 8.01. The molecule has 2 aromatic heterocycles. The van der Waals surface area contributed by atoms with Crippen molar-refractivity contribution in [2.75, 3.05) is 0 Å². The Bertz CT molecular complexity index is 1280. The number of benzene rings is 2. The Labute approximate surface area is 179 Å². The number of fused-ring (bicyclic) bond motifs is 3. The van der Waals surface area contributed by atoms with E-state index in [0.717, 1.165) is 39.7 Å². The summed E-state index contributed by atoms with van der Waals surface area (Å²) >= 11 is 6.62. The first-order chi connectivity index (χ1) is 14.7. The summed E-state index contributed by atoms with van der Waals surface area (Å²) in [5.74, 6) is 1.41. The maximum atomic E-state index is 6.62. The van der Waals surface area contributed by atoms with Crippen molar-refractivity contribution in [2.45, 2.75) is 31.7 Å². The van der Waals surface area contributed by atoms with Crippen LogP contribution in [0.1, 0.15) is 54.1 Å². The van der Waals surface area contributed by atoms with Crippen LogP contribution in [0.25, 0.3) is 17.1 Å². The number of rotatable bonds is 3. The van der Waals surface area contributed by atoms with E-state index in [4.69, 9.17) is 26.0 Å². The number of halogens is 1. The summed E-state index contributed by atoms with van der Waals surface area (Å²) < 4.78 is 7.82. The van der Waals surface area contributed by atoms with Crippen molar-refractivity contribution >= 4 is 17.3 Å². The van der Waals surface area contributed by atoms with E-state index < -0.39 is 0 Å². The van der Waals surface area contributed by atoms with Gasteiger partial charge in [-0.25, -0.2) is 4.98 Å². The Morgan fingerprint density at radius 2 is 1.90 bits per heavy atom. The van der Waals surface area contributed by atoms with Crippen LogP contribution >= 0.6 is 11.6 Å². The molecule has 148 valence electrons. The number of furan rings is 1. The standard InChI is InChI=1S/C25H20ClN3O/c1-15-25-24(22-7-4-12-30-22)27-14-29(25)21-11-10-17(16-8-9-16)13-19(21)23(28-15)18-5-2-3-6-20(18)26/h2-7,10-16H,8-9H2,1H3/t15-/m0/s1. The van der Waals surface area contributed by atoms with E-state index in [1.807, 2.05) is 42.7 Å². The van der Waals surface area contributed by atoms with Crippen LogP contribution in [0.5, 0.6) is 0 Å². The van der Waals surface area contributed by atoms with Gasteiger partial charge in [-0.05, 0) is 61.6 Å². The van der Waals surface area contributed by atoms with Gasteiger partial charge in [-0.15, -0.1) is 0 Å². The molecule has 6 rings (SSSR count). The number of imidazole rings is 1. The van der Waals surface area contributed by atoms with Crippen LogP contribution in [0.3, 0.4) is 0 Å². The summed E-state index contributed by atoms with van der Waals surface area (Å²) in [6.45, 7) is 2.10. The zero-order valence-electron chi connectivity index (χ0n) is 16.5. The van der Waals surface area contributed by atoms with E-state index in [1.54, 1.807) is 6.26 Å². The van der Waals surface area contributed by atoms with Gasteiger partial charge in [-0.2, -0.15) is 0 Å². The second-order valence-corrected chi connectivity index (χ2v) is 8.42. The van der Waals surface area contributed by atoms with Crippen LogP contribution in [0.15, 0.2) is 76.6 Å². The van der Waals surface area contributed by atoms with Gasteiger partial charge >= 0.3 is 0 Å². The molecule has 2 aliphatic rings. The molecule has 4 nitrogen and oxygen atoms in total. The molecule has 0 radical (unpaired) electrons. The van der Waals surface area contributed by atoms with Gasteiger partial charge in [0, 0.05) is 16.1 Å². The Balaban J connectivity index is 1.63. The lowest BCUT2D eigenvalue weighted by Crippen LogP contribution is -2.08. The lowest BCUT2D eigenvalue weighted by molar-refractivity contribution is 0.578. The fourth-order valence-corrected chi connectivity index (χ4v) is 4.59. The van der Waals surface area contributed by atoms with E-state index in [0.29, 0.717) is 10.9 Å². The fourth-order valence-electron chi connectivity index (χ4n) is 4.37. The number of aliphatic imine (C=N–C) groups is 1. The molecule has 0 amide bonds. The lowest BCUT2D eigenvalue weighted by atomic mass is 9.97. The van der Waals surface area contributed by atoms with Gasteiger partial charge in [0.05, 0.1) is 29.4 Å². The maximum Gasteiger partial charge on any atom is 0.154 e. The largest absolute Gasteiger partial charge is 0.463 e. The molecule has 1 fully saturated rings. The van der Waals surface area contributed by atoms with Crippen LogP contribution in [-0.4, -0.2) is 15.3 Å². The number of aromatic nitrogens is 2. The Kier molecular flexibility index (Phi) is 3.96. The molecule has 1 atom stereocenters. The van der Waals surface area contributed by atoms with Gasteiger partial charge < -0.3 is 4.42 Å². The van der Waals surface area contributed by atoms with Crippen LogP contribution in [0.4, 0.5) is 0 Å². The molecule has 2 aromatic carbocycles. The molecule has 4 aromatic rings. The van der Waals surface area contributed by atoms with Gasteiger partial charge in [0.15, 0.2) is 5.76 Å². The van der Waals surface area contributed by atoms with E-state index in [2.05, 4.69) is 29.7 Å². The van der Waals surface area contributed by atoms with Gasteiger partial charge in [-0.3, -0.25) is 9.56 Å². The van der Waals surface area contributed by atoms with Crippen molar-refractivity contribution in [3.8, 4) is 17.1 Å². The van der Waals surface area contributed by atoms with Crippen molar-refractivity contribution in [1.82, 2.24) is 9.55 Å². The Morgan fingerprint density at radius 3 is 2.67 bits per heavy atom. The SMILES string of the molecule is C[C@@H]1N=C(c2ccccc2Cl)c2cc(C3CC3)ccc2-n2cnc(-c3ccco3)c21. The first-order valence-electron chi connectivity index (χ1n) is 10.3. The molecular weight excluding hydrogens is 394 g/mol. The normalized spacial score (nSPS) is 17.8. The third-order valence-electron chi connectivity index (χ3n) is 5.99. The van der Waals surface area contributed by atoms with Crippen LogP contribution in [-0.2, 0) is 0 Å². The van der Waals surface area contributed by atoms with Crippen molar-refractivity contribution in [2.24, 2.45) is 4.99 Å². The summed E-state index contributed by atoms with van der Waals surface area (Å²) in [6.07, 6.45) is 6.07. The predicted molar refractivity (Wildman–Crippen MR) is 119 cm³/mol. The van der Waals surface area contributed by atoms with E-state index in [-0.39, 0.29) is 6.04 Å². The topological polar surface area (TPSA) is 43.3 Å². The van der Waals surface area contributed by atoms with Crippen LogP contribution in [0.2, 0.25) is 5.02 Å². The lowest BCUT2D eigenvalue weighted by Gasteiger charge is -2.14.